The van der Waals surface area contributed by atoms with Gasteiger partial charge in [-0.15, -0.1) is 0 Å². The van der Waals surface area contributed by atoms with Crippen LogP contribution < -0.4 is 0 Å². The van der Waals surface area contributed by atoms with Crippen LogP contribution in [0, 0.1) is 41.5 Å². The summed E-state index contributed by atoms with van der Waals surface area (Å²) in [6.07, 6.45) is 3.54. The molecule has 1 heterocycles. The summed E-state index contributed by atoms with van der Waals surface area (Å²) in [6.45, 7) is 12.5. The summed E-state index contributed by atoms with van der Waals surface area (Å²) < 4.78 is 5.84. The van der Waals surface area contributed by atoms with Crippen LogP contribution in [-0.2, 0) is 8.46 Å². The normalized spacial score (nSPS) is 11.3. The summed E-state index contributed by atoms with van der Waals surface area (Å²) in [5.41, 5.74) is 9.18. The number of aliphatic imine (C=N–C) groups is 2. The summed E-state index contributed by atoms with van der Waals surface area (Å²) in [6, 6.07) is 12.4. The first kappa shape index (κ1) is 25.3. The van der Waals surface area contributed by atoms with Crippen LogP contribution in [0.3, 0.4) is 0 Å². The topological polar surface area (TPSA) is 37.9 Å². The molecule has 160 valence electrons. The molecule has 1 aromatic heterocycles. The van der Waals surface area contributed by atoms with Crippen molar-refractivity contribution in [3.8, 4) is 0 Å². The van der Waals surface area contributed by atoms with Crippen LogP contribution in [0.25, 0.3) is 0 Å². The van der Waals surface area contributed by atoms with E-state index >= 15 is 0 Å². The van der Waals surface area contributed by atoms with Gasteiger partial charge < -0.3 is 4.42 Å². The summed E-state index contributed by atoms with van der Waals surface area (Å²) in [7, 11) is 1.19. The number of halogens is 2. The molecule has 2 aromatic carbocycles. The van der Waals surface area contributed by atoms with Crippen LogP contribution >= 0.6 is 40.7 Å². The Morgan fingerprint density at radius 1 is 0.667 bits per heavy atom. The van der Waals surface area contributed by atoms with Crippen molar-refractivity contribution < 1.29 is 12.9 Å². The summed E-state index contributed by atoms with van der Waals surface area (Å²) in [5, 5.41) is 0. The van der Waals surface area contributed by atoms with E-state index in [1.54, 1.807) is 12.4 Å². The van der Waals surface area contributed by atoms with E-state index in [4.69, 9.17) is 4.42 Å². The number of nitrogens with zero attached hydrogens (tertiary/aromatic N) is 2. The Balaban J connectivity index is 0.00000101. The maximum absolute atomic E-state index is 5.84. The SMILES string of the molecule is Cc1cc(C)c(N=Cc2ccc(C=Nc3c(C)cc(C)cc3C)o2)c(C)c1.[I][Fe][I]. The van der Waals surface area contributed by atoms with Gasteiger partial charge in [0.25, 0.3) is 0 Å². The number of benzene rings is 2. The fourth-order valence-corrected chi connectivity index (χ4v) is 3.52. The number of furan rings is 1. The van der Waals surface area contributed by atoms with Gasteiger partial charge in [-0.3, -0.25) is 9.98 Å². The average Bonchev–Trinajstić information content (AvgIpc) is 3.08. The molecule has 0 amide bonds. The van der Waals surface area contributed by atoms with Gasteiger partial charge in [0.05, 0.1) is 23.8 Å². The van der Waals surface area contributed by atoms with E-state index in [0.717, 1.165) is 11.4 Å². The monoisotopic (exact) mass is 668 g/mol. The summed E-state index contributed by atoms with van der Waals surface area (Å²) >= 11 is 4.55. The third-order valence-electron chi connectivity index (χ3n) is 4.56. The van der Waals surface area contributed by atoms with Gasteiger partial charge in [-0.2, -0.15) is 0 Å². The Kier molecular flexibility index (Phi) is 10.3. The first-order valence-corrected chi connectivity index (χ1v) is 16.6. The second-order valence-electron chi connectivity index (χ2n) is 7.30. The number of hydrogen-bond donors (Lipinski definition) is 0. The van der Waals surface area contributed by atoms with Crippen molar-refractivity contribution in [1.82, 2.24) is 0 Å². The zero-order valence-corrected chi connectivity index (χ0v) is 23.5. The molecule has 0 radical (unpaired) electrons. The molecule has 6 heteroatoms. The first-order chi connectivity index (χ1) is 14.2. The van der Waals surface area contributed by atoms with Crippen LogP contribution in [0.2, 0.25) is 0 Å². The van der Waals surface area contributed by atoms with Crippen LogP contribution in [0.5, 0.6) is 0 Å². The predicted octanol–water partition coefficient (Wildman–Crippen LogP) is 8.40. The van der Waals surface area contributed by atoms with Gasteiger partial charge in [-0.1, -0.05) is 35.4 Å². The molecule has 30 heavy (non-hydrogen) atoms. The number of rotatable bonds is 4. The third-order valence-corrected chi connectivity index (χ3v) is 4.56. The minimum atomic E-state index is 0.716. The van der Waals surface area contributed by atoms with E-state index in [1.807, 2.05) is 12.1 Å². The van der Waals surface area contributed by atoms with Gasteiger partial charge in [-0.25, -0.2) is 0 Å². The molecule has 0 atom stereocenters. The van der Waals surface area contributed by atoms with Crippen molar-refractivity contribution in [2.75, 3.05) is 0 Å². The van der Waals surface area contributed by atoms with E-state index in [1.165, 1.54) is 41.8 Å². The Labute approximate surface area is 208 Å². The molecule has 0 aliphatic rings. The average molecular weight is 668 g/mol. The summed E-state index contributed by atoms with van der Waals surface area (Å²) in [5.74, 6) is 1.43. The van der Waals surface area contributed by atoms with Gasteiger partial charge in [0.2, 0.25) is 0 Å². The van der Waals surface area contributed by atoms with Crippen molar-refractivity contribution in [2.45, 2.75) is 41.5 Å². The van der Waals surface area contributed by atoms with Gasteiger partial charge >= 0.3 is 49.1 Å². The molecule has 0 aliphatic carbocycles. The molecule has 3 rings (SSSR count). The van der Waals surface area contributed by atoms with Crippen molar-refractivity contribution in [3.05, 3.63) is 81.3 Å². The molecular formula is C24H26FeI2N2O. The molecular weight excluding hydrogens is 642 g/mol. The zero-order valence-electron chi connectivity index (χ0n) is 18.0. The van der Waals surface area contributed by atoms with E-state index in [9.17, 15) is 0 Å². The van der Waals surface area contributed by atoms with Crippen molar-refractivity contribution >= 4 is 64.5 Å². The van der Waals surface area contributed by atoms with E-state index in [-0.39, 0.29) is 0 Å². The van der Waals surface area contributed by atoms with E-state index in [2.05, 4.69) is 116 Å². The van der Waals surface area contributed by atoms with Crippen molar-refractivity contribution in [2.24, 2.45) is 9.98 Å². The first-order valence-electron chi connectivity index (χ1n) is 9.44. The Morgan fingerprint density at radius 2 is 0.967 bits per heavy atom. The van der Waals surface area contributed by atoms with E-state index in [0.29, 0.717) is 11.5 Å². The molecule has 0 aliphatic heterocycles. The fourth-order valence-electron chi connectivity index (χ4n) is 3.52. The zero-order chi connectivity index (χ0) is 22.3. The Morgan fingerprint density at radius 3 is 1.27 bits per heavy atom. The minimum absolute atomic E-state index is 0.716. The Bertz CT molecular complexity index is 943. The quantitative estimate of drug-likeness (QED) is 0.156. The van der Waals surface area contributed by atoms with Crippen molar-refractivity contribution in [1.29, 1.82) is 0 Å². The maximum atomic E-state index is 5.84. The van der Waals surface area contributed by atoms with Crippen LogP contribution in [-0.4, -0.2) is 12.4 Å². The third kappa shape index (κ3) is 7.32. The number of hydrogen-bond acceptors (Lipinski definition) is 3. The molecule has 0 unspecified atom stereocenters. The molecule has 0 saturated heterocycles. The molecule has 0 spiro atoms. The standard InChI is InChI=1S/C24H26N2O.Fe.2HI/c1-15-9-17(3)23(18(4)10-15)25-13-21-7-8-22(27-21)14-26-24-19(5)11-16(2)12-20(24)6;;;/h7-14H,1-6H3;;2*1H/q;+2;;/p-2. The van der Waals surface area contributed by atoms with Crippen LogP contribution in [0.4, 0.5) is 11.4 Å². The van der Waals surface area contributed by atoms with Crippen molar-refractivity contribution in [3.63, 3.8) is 0 Å². The second-order valence-corrected chi connectivity index (χ2v) is 16.6. The summed E-state index contributed by atoms with van der Waals surface area (Å²) in [4.78, 5) is 9.25. The fraction of sp³-hybridized carbons (Fsp3) is 0.250. The predicted molar refractivity (Wildman–Crippen MR) is 143 cm³/mol. The van der Waals surface area contributed by atoms with Gasteiger partial charge in [0.15, 0.2) is 0 Å². The van der Waals surface area contributed by atoms with Gasteiger partial charge in [0.1, 0.15) is 11.5 Å². The Hall–Kier alpha value is -0.961. The molecule has 0 bridgehead atoms. The molecule has 3 aromatic rings. The molecule has 0 fully saturated rings. The van der Waals surface area contributed by atoms with Crippen LogP contribution in [0.1, 0.15) is 44.9 Å². The van der Waals surface area contributed by atoms with Gasteiger partial charge in [0, 0.05) is 0 Å². The number of aryl methyl sites for hydroxylation is 6. The van der Waals surface area contributed by atoms with Gasteiger partial charge in [-0.05, 0) is 75.9 Å². The molecule has 3 nitrogen and oxygen atoms in total. The van der Waals surface area contributed by atoms with E-state index < -0.39 is 0 Å². The van der Waals surface area contributed by atoms with Crippen LogP contribution in [0.15, 0.2) is 50.8 Å². The molecule has 0 saturated carbocycles. The second kappa shape index (κ2) is 12.2. The molecule has 0 N–H and O–H groups in total.